The van der Waals surface area contributed by atoms with E-state index < -0.39 is 0 Å². The van der Waals surface area contributed by atoms with Crippen LogP contribution in [0.15, 0.2) is 0 Å². The van der Waals surface area contributed by atoms with E-state index in [-0.39, 0.29) is 0 Å². The highest BCUT2D eigenvalue weighted by atomic mass is 15.1. The quantitative estimate of drug-likeness (QED) is 0.766. The van der Waals surface area contributed by atoms with Crippen molar-refractivity contribution in [2.75, 3.05) is 44.4 Å². The number of nitrogens with zero attached hydrogens (tertiary/aromatic N) is 3. The average molecular weight is 279 g/mol. The fourth-order valence-corrected chi connectivity index (χ4v) is 1.78. The first-order chi connectivity index (χ1) is 9.45. The van der Waals surface area contributed by atoms with E-state index in [0.29, 0.717) is 5.92 Å². The Bertz CT molecular complexity index is 415. The van der Waals surface area contributed by atoms with E-state index >= 15 is 0 Å². The van der Waals surface area contributed by atoms with Crippen molar-refractivity contribution in [3.05, 3.63) is 11.4 Å². The van der Waals surface area contributed by atoms with Crippen LogP contribution in [0.1, 0.15) is 44.5 Å². The van der Waals surface area contributed by atoms with Crippen molar-refractivity contribution in [3.63, 3.8) is 0 Å². The van der Waals surface area contributed by atoms with Gasteiger partial charge in [-0.3, -0.25) is 0 Å². The summed E-state index contributed by atoms with van der Waals surface area (Å²) in [6, 6.07) is 0. The molecule has 0 aromatic carbocycles. The highest BCUT2D eigenvalue weighted by Gasteiger charge is 2.12. The molecule has 0 radical (unpaired) electrons. The summed E-state index contributed by atoms with van der Waals surface area (Å²) in [4.78, 5) is 11.5. The maximum Gasteiger partial charge on any atom is 0.135 e. The van der Waals surface area contributed by atoms with Gasteiger partial charge in [0.05, 0.1) is 0 Å². The van der Waals surface area contributed by atoms with Crippen LogP contribution in [-0.4, -0.2) is 48.6 Å². The van der Waals surface area contributed by atoms with Crippen LogP contribution >= 0.6 is 0 Å². The SMILES string of the molecule is CCCNc1nc(C(C)C)nc(NCCN(C)C)c1C. The lowest BCUT2D eigenvalue weighted by Gasteiger charge is -2.17. The summed E-state index contributed by atoms with van der Waals surface area (Å²) in [6.45, 7) is 11.3. The lowest BCUT2D eigenvalue weighted by atomic mass is 10.2. The van der Waals surface area contributed by atoms with Gasteiger partial charge in [-0.05, 0) is 27.4 Å². The van der Waals surface area contributed by atoms with Gasteiger partial charge in [0, 0.05) is 31.1 Å². The third kappa shape index (κ3) is 4.96. The number of nitrogens with one attached hydrogen (secondary N) is 2. The molecule has 0 spiro atoms. The predicted molar refractivity (Wildman–Crippen MR) is 86.7 cm³/mol. The lowest BCUT2D eigenvalue weighted by Crippen LogP contribution is -2.22. The van der Waals surface area contributed by atoms with Crippen molar-refractivity contribution in [3.8, 4) is 0 Å². The van der Waals surface area contributed by atoms with Crippen molar-refractivity contribution in [1.82, 2.24) is 14.9 Å². The Morgan fingerprint density at radius 1 is 1.05 bits per heavy atom. The molecule has 0 aliphatic heterocycles. The van der Waals surface area contributed by atoms with Gasteiger partial charge in [-0.1, -0.05) is 20.8 Å². The summed E-state index contributed by atoms with van der Waals surface area (Å²) in [5.74, 6) is 3.12. The third-order valence-electron chi connectivity index (χ3n) is 3.07. The van der Waals surface area contributed by atoms with Gasteiger partial charge in [-0.25, -0.2) is 9.97 Å². The number of hydrogen-bond acceptors (Lipinski definition) is 5. The van der Waals surface area contributed by atoms with Gasteiger partial charge in [-0.2, -0.15) is 0 Å². The third-order valence-corrected chi connectivity index (χ3v) is 3.07. The topological polar surface area (TPSA) is 53.1 Å². The maximum absolute atomic E-state index is 4.66. The molecule has 0 atom stereocenters. The molecule has 2 N–H and O–H groups in total. The van der Waals surface area contributed by atoms with E-state index in [9.17, 15) is 0 Å². The first-order valence-corrected chi connectivity index (χ1v) is 7.46. The van der Waals surface area contributed by atoms with E-state index in [1.807, 2.05) is 0 Å². The molecule has 5 heteroatoms. The fourth-order valence-electron chi connectivity index (χ4n) is 1.78. The van der Waals surface area contributed by atoms with Crippen LogP contribution in [0.2, 0.25) is 0 Å². The molecule has 0 saturated carbocycles. The van der Waals surface area contributed by atoms with Gasteiger partial charge in [0.15, 0.2) is 0 Å². The zero-order valence-electron chi connectivity index (χ0n) is 13.7. The van der Waals surface area contributed by atoms with Crippen molar-refractivity contribution < 1.29 is 0 Å². The average Bonchev–Trinajstić information content (AvgIpc) is 2.38. The molecule has 0 unspecified atom stereocenters. The molecule has 0 saturated heterocycles. The molecule has 0 amide bonds. The van der Waals surface area contributed by atoms with E-state index in [2.05, 4.69) is 67.3 Å². The minimum absolute atomic E-state index is 0.326. The Kier molecular flexibility index (Phi) is 6.71. The van der Waals surface area contributed by atoms with Gasteiger partial charge in [-0.15, -0.1) is 0 Å². The molecule has 1 rings (SSSR count). The summed E-state index contributed by atoms with van der Waals surface area (Å²) in [6.07, 6.45) is 1.09. The van der Waals surface area contributed by atoms with Gasteiger partial charge < -0.3 is 15.5 Å². The zero-order valence-corrected chi connectivity index (χ0v) is 13.7. The summed E-state index contributed by atoms with van der Waals surface area (Å²) >= 11 is 0. The second kappa shape index (κ2) is 8.04. The van der Waals surface area contributed by atoms with E-state index in [1.54, 1.807) is 0 Å². The summed E-state index contributed by atoms with van der Waals surface area (Å²) in [7, 11) is 4.14. The maximum atomic E-state index is 4.66. The Hall–Kier alpha value is -1.36. The molecule has 1 heterocycles. The molecule has 0 aliphatic rings. The molecule has 0 fully saturated rings. The Labute approximate surface area is 123 Å². The van der Waals surface area contributed by atoms with Gasteiger partial charge >= 0.3 is 0 Å². The van der Waals surface area contributed by atoms with Crippen molar-refractivity contribution >= 4 is 11.6 Å². The number of hydrogen-bond donors (Lipinski definition) is 2. The fraction of sp³-hybridized carbons (Fsp3) is 0.733. The predicted octanol–water partition coefficient (Wildman–Crippen LogP) is 2.70. The summed E-state index contributed by atoms with van der Waals surface area (Å²) < 4.78 is 0. The minimum atomic E-state index is 0.326. The van der Waals surface area contributed by atoms with Crippen LogP contribution in [0.4, 0.5) is 11.6 Å². The minimum Gasteiger partial charge on any atom is -0.370 e. The molecule has 5 nitrogen and oxygen atoms in total. The lowest BCUT2D eigenvalue weighted by molar-refractivity contribution is 0.425. The summed E-state index contributed by atoms with van der Waals surface area (Å²) in [5, 5.41) is 6.82. The molecule has 0 aliphatic carbocycles. The Balaban J connectivity index is 2.92. The number of rotatable bonds is 8. The highest BCUT2D eigenvalue weighted by Crippen LogP contribution is 2.23. The Morgan fingerprint density at radius 3 is 2.05 bits per heavy atom. The van der Waals surface area contributed by atoms with Crippen LogP contribution < -0.4 is 10.6 Å². The molecule has 114 valence electrons. The number of anilines is 2. The first kappa shape index (κ1) is 16.7. The van der Waals surface area contributed by atoms with Gasteiger partial charge in [0.2, 0.25) is 0 Å². The van der Waals surface area contributed by atoms with Gasteiger partial charge in [0.25, 0.3) is 0 Å². The van der Waals surface area contributed by atoms with E-state index in [1.165, 1.54) is 0 Å². The molecule has 0 bridgehead atoms. The molecule has 1 aromatic rings. The van der Waals surface area contributed by atoms with Crippen molar-refractivity contribution in [2.45, 2.75) is 40.0 Å². The van der Waals surface area contributed by atoms with Crippen LogP contribution in [0.3, 0.4) is 0 Å². The standard InChI is InChI=1S/C15H29N5/c1-7-8-16-14-12(4)15(17-9-10-20(5)6)19-13(18-14)11(2)3/h11H,7-10H2,1-6H3,(H2,16,17,18,19). The van der Waals surface area contributed by atoms with Crippen molar-refractivity contribution in [2.24, 2.45) is 0 Å². The summed E-state index contributed by atoms with van der Waals surface area (Å²) in [5.41, 5.74) is 1.10. The smallest absolute Gasteiger partial charge is 0.135 e. The van der Waals surface area contributed by atoms with E-state index in [0.717, 1.165) is 49.1 Å². The molecular formula is C15H29N5. The van der Waals surface area contributed by atoms with Crippen molar-refractivity contribution in [1.29, 1.82) is 0 Å². The monoisotopic (exact) mass is 279 g/mol. The first-order valence-electron chi connectivity index (χ1n) is 7.46. The molecule has 1 aromatic heterocycles. The second-order valence-electron chi connectivity index (χ2n) is 5.72. The number of likely N-dealkylation sites (N-methyl/N-ethyl adjacent to an activating group) is 1. The normalized spacial score (nSPS) is 11.2. The van der Waals surface area contributed by atoms with Gasteiger partial charge in [0.1, 0.15) is 17.5 Å². The highest BCUT2D eigenvalue weighted by molar-refractivity contribution is 5.57. The number of aromatic nitrogens is 2. The van der Waals surface area contributed by atoms with Crippen LogP contribution in [-0.2, 0) is 0 Å². The van der Waals surface area contributed by atoms with Crippen LogP contribution in [0.5, 0.6) is 0 Å². The second-order valence-corrected chi connectivity index (χ2v) is 5.72. The largest absolute Gasteiger partial charge is 0.370 e. The Morgan fingerprint density at radius 2 is 1.60 bits per heavy atom. The van der Waals surface area contributed by atoms with E-state index in [4.69, 9.17) is 0 Å². The van der Waals surface area contributed by atoms with Crippen LogP contribution in [0.25, 0.3) is 0 Å². The van der Waals surface area contributed by atoms with Crippen LogP contribution in [0, 0.1) is 6.92 Å². The molecule has 20 heavy (non-hydrogen) atoms. The molecular weight excluding hydrogens is 250 g/mol. The zero-order chi connectivity index (χ0) is 15.1.